The van der Waals surface area contributed by atoms with E-state index < -0.39 is 22.8 Å². The third-order valence-electron chi connectivity index (χ3n) is 11.4. The van der Waals surface area contributed by atoms with Gasteiger partial charge in [0.05, 0.1) is 22.2 Å². The number of esters is 2. The Morgan fingerprint density at radius 1 is 0.714 bits per heavy atom. The van der Waals surface area contributed by atoms with E-state index in [1.165, 1.54) is 13.8 Å². The minimum absolute atomic E-state index is 0.0140. The molecule has 252 valence electrons. The van der Waals surface area contributed by atoms with Crippen LogP contribution in [0.3, 0.4) is 0 Å². The van der Waals surface area contributed by atoms with E-state index in [1.54, 1.807) is 0 Å². The summed E-state index contributed by atoms with van der Waals surface area (Å²) in [6, 6.07) is 19.4. The molecule has 2 amide bonds. The first-order chi connectivity index (χ1) is 23.6. The predicted octanol–water partition coefficient (Wildman–Crippen LogP) is 8.00. The number of fused-ring (bicyclic) bond motifs is 7. The average molecular weight is 679 g/mol. The highest BCUT2D eigenvalue weighted by molar-refractivity contribution is 6.19. The van der Waals surface area contributed by atoms with E-state index in [9.17, 15) is 19.2 Å². The van der Waals surface area contributed by atoms with Gasteiger partial charge < -0.3 is 19.3 Å². The largest absolute Gasteiger partial charge is 0.426 e. The zero-order valence-electron chi connectivity index (χ0n) is 28.0. The maximum atomic E-state index is 14.7. The summed E-state index contributed by atoms with van der Waals surface area (Å²) in [5.74, 6) is 0.563. The summed E-state index contributed by atoms with van der Waals surface area (Å²) in [4.78, 5) is 57.2. The topological polar surface area (TPSA) is 93.2 Å². The predicted molar refractivity (Wildman–Crippen MR) is 190 cm³/mol. The second kappa shape index (κ2) is 11.6. The van der Waals surface area contributed by atoms with Gasteiger partial charge in [-0.25, -0.2) is 0 Å². The van der Waals surface area contributed by atoms with E-state index >= 15 is 0 Å². The molecule has 0 radical (unpaired) electrons. The number of alkyl halides is 1. The number of anilines is 2. The van der Waals surface area contributed by atoms with Crippen molar-refractivity contribution in [1.29, 1.82) is 0 Å². The first kappa shape index (κ1) is 31.8. The number of rotatable bonds is 7. The Morgan fingerprint density at radius 2 is 1.14 bits per heavy atom. The lowest BCUT2D eigenvalue weighted by Crippen LogP contribution is -2.55. The Labute approximate surface area is 290 Å². The van der Waals surface area contributed by atoms with Gasteiger partial charge in [0.25, 0.3) is 0 Å². The zero-order valence-corrected chi connectivity index (χ0v) is 28.8. The molecule has 0 saturated heterocycles. The van der Waals surface area contributed by atoms with Gasteiger partial charge in [-0.3, -0.25) is 19.2 Å². The van der Waals surface area contributed by atoms with Crippen LogP contribution in [0.25, 0.3) is 21.5 Å². The number of hydrogen-bond acceptors (Lipinski definition) is 6. The Kier molecular flexibility index (Phi) is 7.52. The second-order valence-electron chi connectivity index (χ2n) is 14.5. The van der Waals surface area contributed by atoms with Crippen LogP contribution in [0, 0.1) is 10.8 Å². The van der Waals surface area contributed by atoms with Crippen LogP contribution in [0.5, 0.6) is 11.5 Å². The lowest BCUT2D eigenvalue weighted by Gasteiger charge is -2.47. The molecule has 2 aliphatic heterocycles. The van der Waals surface area contributed by atoms with Crippen molar-refractivity contribution >= 4 is 68.3 Å². The summed E-state index contributed by atoms with van der Waals surface area (Å²) in [6.45, 7) is 5.93. The lowest BCUT2D eigenvalue weighted by molar-refractivity contribution is -0.144. The van der Waals surface area contributed by atoms with E-state index in [0.29, 0.717) is 56.2 Å². The highest BCUT2D eigenvalue weighted by Gasteiger charge is 2.69. The number of carbonyl (C=O) groups excluding carboxylic acids is 4. The third kappa shape index (κ3) is 4.78. The van der Waals surface area contributed by atoms with Gasteiger partial charge in [-0.1, -0.05) is 61.9 Å². The van der Waals surface area contributed by atoms with Crippen LogP contribution in [0.15, 0.2) is 60.7 Å². The van der Waals surface area contributed by atoms with Gasteiger partial charge in [0.15, 0.2) is 0 Å². The summed E-state index contributed by atoms with van der Waals surface area (Å²) in [5.41, 5.74) is 2.41. The van der Waals surface area contributed by atoms with Crippen molar-refractivity contribution in [1.82, 2.24) is 0 Å². The number of halogens is 1. The van der Waals surface area contributed by atoms with Crippen molar-refractivity contribution in [2.45, 2.75) is 71.1 Å². The first-order valence-electron chi connectivity index (χ1n) is 17.3. The Hall–Kier alpha value is -4.43. The summed E-state index contributed by atoms with van der Waals surface area (Å²) >= 11 is 6.52. The normalized spacial score (nSPS) is 24.9. The van der Waals surface area contributed by atoms with Crippen LogP contribution in [-0.4, -0.2) is 42.7 Å². The van der Waals surface area contributed by atoms with E-state index in [0.717, 1.165) is 56.9 Å². The van der Waals surface area contributed by atoms with Gasteiger partial charge in [-0.2, -0.15) is 0 Å². The monoisotopic (exact) mass is 678 g/mol. The zero-order chi connectivity index (χ0) is 34.2. The number of nitrogens with zero attached hydrogens (tertiary/aromatic N) is 2. The number of hydrogen-bond donors (Lipinski definition) is 0. The molecule has 2 bridgehead atoms. The van der Waals surface area contributed by atoms with Crippen molar-refractivity contribution in [3.63, 3.8) is 0 Å². The first-order valence-corrected chi connectivity index (χ1v) is 17.8. The molecule has 5 aliphatic rings. The van der Waals surface area contributed by atoms with Gasteiger partial charge >= 0.3 is 11.9 Å². The molecule has 2 heterocycles. The van der Waals surface area contributed by atoms with E-state index in [1.807, 2.05) is 64.4 Å². The van der Waals surface area contributed by atoms with Crippen LogP contribution in [0.1, 0.15) is 82.3 Å². The number of benzene rings is 4. The molecule has 9 rings (SSSR count). The highest BCUT2D eigenvalue weighted by Crippen LogP contribution is 2.69. The van der Waals surface area contributed by atoms with Crippen LogP contribution in [0.4, 0.5) is 11.4 Å². The van der Waals surface area contributed by atoms with Gasteiger partial charge in [-0.15, -0.1) is 11.6 Å². The molecule has 9 heteroatoms. The van der Waals surface area contributed by atoms with Crippen molar-refractivity contribution in [2.75, 3.05) is 28.8 Å². The lowest BCUT2D eigenvalue weighted by atomic mass is 9.59. The Balaban J connectivity index is 1.12. The van der Waals surface area contributed by atoms with Crippen LogP contribution in [-0.2, 0) is 19.2 Å². The molecule has 8 nitrogen and oxygen atoms in total. The molecule has 4 aromatic carbocycles. The summed E-state index contributed by atoms with van der Waals surface area (Å²) in [7, 11) is 0. The Morgan fingerprint density at radius 3 is 1.57 bits per heavy atom. The highest BCUT2D eigenvalue weighted by atomic mass is 35.5. The molecule has 4 aromatic rings. The van der Waals surface area contributed by atoms with Crippen LogP contribution >= 0.6 is 11.6 Å². The molecule has 2 atom stereocenters. The SMILES string of the molecule is CCCC1CN(C(=O)C23CCC(C(=O)N4CC(CCl)c5c4cc(OC(C)=O)c4ccccc54)(C2)C3)c2cc(OC(C)=O)c3ccccc3c21. The van der Waals surface area contributed by atoms with Crippen molar-refractivity contribution in [2.24, 2.45) is 10.8 Å². The summed E-state index contributed by atoms with van der Waals surface area (Å²) in [6.07, 6.45) is 4.17. The fourth-order valence-electron chi connectivity index (χ4n) is 9.56. The van der Waals surface area contributed by atoms with Gasteiger partial charge in [0.2, 0.25) is 11.8 Å². The molecule has 0 spiro atoms. The molecular weight excluding hydrogens is 640 g/mol. The fraction of sp³-hybridized carbons (Fsp3) is 0.400. The molecule has 49 heavy (non-hydrogen) atoms. The van der Waals surface area contributed by atoms with Crippen LogP contribution < -0.4 is 19.3 Å². The Bertz CT molecular complexity index is 2080. The second-order valence-corrected chi connectivity index (χ2v) is 14.8. The number of carbonyl (C=O) groups is 4. The summed E-state index contributed by atoms with van der Waals surface area (Å²) in [5, 5.41) is 3.61. The van der Waals surface area contributed by atoms with Crippen molar-refractivity contribution in [3.8, 4) is 11.5 Å². The van der Waals surface area contributed by atoms with Crippen molar-refractivity contribution < 1.29 is 28.7 Å². The van der Waals surface area contributed by atoms with E-state index in [4.69, 9.17) is 21.1 Å². The van der Waals surface area contributed by atoms with Crippen molar-refractivity contribution in [3.05, 3.63) is 71.8 Å². The average Bonchev–Trinajstić information content (AvgIpc) is 3.84. The quantitative estimate of drug-likeness (QED) is 0.112. The van der Waals surface area contributed by atoms with Gasteiger partial charge in [0.1, 0.15) is 11.5 Å². The minimum atomic E-state index is -0.640. The molecular formula is C40H39ClN2O6. The maximum absolute atomic E-state index is 14.7. The van der Waals surface area contributed by atoms with Gasteiger partial charge in [0, 0.05) is 67.6 Å². The third-order valence-corrected chi connectivity index (χ3v) is 11.8. The van der Waals surface area contributed by atoms with E-state index in [-0.39, 0.29) is 23.7 Å². The number of amides is 2. The van der Waals surface area contributed by atoms with Gasteiger partial charge in [-0.05, 0) is 54.0 Å². The molecule has 3 aliphatic carbocycles. The van der Waals surface area contributed by atoms with Crippen LogP contribution in [0.2, 0.25) is 0 Å². The molecule has 3 saturated carbocycles. The molecule has 2 unspecified atom stereocenters. The standard InChI is InChI=1S/C40H39ClN2O6/c1-4-9-25-19-42(31-16-33(48-23(2)44)27-10-5-7-12-29(27)35(25)31)37(46)39-14-15-40(21-39,22-39)38(47)43-20-26(18-41)36-30-13-8-6-11-28(30)34(17-32(36)43)49-24(3)45/h5-8,10-13,16-17,25-26H,4,9,14-15,18-22H2,1-3H3. The molecule has 0 aromatic heterocycles. The van der Waals surface area contributed by atoms with E-state index in [2.05, 4.69) is 13.0 Å². The smallest absolute Gasteiger partial charge is 0.308 e. The molecule has 3 fully saturated rings. The number of ether oxygens (including phenoxy) is 2. The minimum Gasteiger partial charge on any atom is -0.426 e. The molecule has 0 N–H and O–H groups in total. The fourth-order valence-corrected chi connectivity index (χ4v) is 9.82. The summed E-state index contributed by atoms with van der Waals surface area (Å²) < 4.78 is 11.3. The maximum Gasteiger partial charge on any atom is 0.308 e.